The summed E-state index contributed by atoms with van der Waals surface area (Å²) in [5, 5.41) is 1.37. The van der Waals surface area contributed by atoms with Crippen LogP contribution in [0.1, 0.15) is 31.2 Å². The summed E-state index contributed by atoms with van der Waals surface area (Å²) >= 11 is 0. The highest BCUT2D eigenvalue weighted by Crippen LogP contribution is 2.36. The topological polar surface area (TPSA) is 25.0 Å². The number of hydrogen-bond donors (Lipinski definition) is 1. The molecular weight excluding hydrogens is 198 g/mol. The average molecular weight is 215 g/mol. The first-order valence-electron chi connectivity index (χ1n) is 5.98. The minimum Gasteiger partial charge on any atom is -0.371 e. The van der Waals surface area contributed by atoms with Crippen molar-refractivity contribution >= 4 is 10.9 Å². The highest BCUT2D eigenvalue weighted by Gasteiger charge is 2.26. The quantitative estimate of drug-likeness (QED) is 0.774. The number of H-pyrrole nitrogens is 1. The van der Waals surface area contributed by atoms with Crippen molar-refractivity contribution in [1.29, 1.82) is 0 Å². The molecule has 0 bridgehead atoms. The van der Waals surface area contributed by atoms with Crippen LogP contribution in [0.15, 0.2) is 24.3 Å². The first kappa shape index (κ1) is 9.91. The van der Waals surface area contributed by atoms with Crippen molar-refractivity contribution < 1.29 is 4.74 Å². The summed E-state index contributed by atoms with van der Waals surface area (Å²) in [7, 11) is 0. The van der Waals surface area contributed by atoms with E-state index in [1.807, 2.05) is 0 Å². The number of hydrogen-bond acceptors (Lipinski definition) is 1. The fourth-order valence-corrected chi connectivity index (χ4v) is 2.63. The minimum absolute atomic E-state index is 0.233. The molecule has 1 aromatic carbocycles. The largest absolute Gasteiger partial charge is 0.371 e. The SMILES string of the molecule is CC(C)C1OCCc2c1[nH]c1ccccc21. The molecule has 1 aliphatic rings. The van der Waals surface area contributed by atoms with Crippen molar-refractivity contribution in [2.75, 3.05) is 6.61 Å². The number of benzene rings is 1. The van der Waals surface area contributed by atoms with Gasteiger partial charge in [-0.3, -0.25) is 0 Å². The Kier molecular flexibility index (Phi) is 2.25. The molecule has 1 atom stereocenters. The highest BCUT2D eigenvalue weighted by molar-refractivity contribution is 5.85. The van der Waals surface area contributed by atoms with Gasteiger partial charge in [-0.2, -0.15) is 0 Å². The van der Waals surface area contributed by atoms with Crippen LogP contribution < -0.4 is 0 Å². The van der Waals surface area contributed by atoms with Crippen LogP contribution >= 0.6 is 0 Å². The number of rotatable bonds is 1. The van der Waals surface area contributed by atoms with Gasteiger partial charge >= 0.3 is 0 Å². The lowest BCUT2D eigenvalue weighted by Gasteiger charge is -2.26. The number of ether oxygens (including phenoxy) is 1. The molecule has 0 amide bonds. The molecule has 0 spiro atoms. The third-order valence-corrected chi connectivity index (χ3v) is 3.39. The van der Waals surface area contributed by atoms with E-state index in [-0.39, 0.29) is 6.10 Å². The van der Waals surface area contributed by atoms with E-state index in [2.05, 4.69) is 43.1 Å². The zero-order valence-electron chi connectivity index (χ0n) is 9.79. The Balaban J connectivity index is 2.21. The van der Waals surface area contributed by atoms with Crippen LogP contribution in [-0.2, 0) is 11.2 Å². The van der Waals surface area contributed by atoms with Gasteiger partial charge in [-0.25, -0.2) is 0 Å². The van der Waals surface area contributed by atoms with Crippen molar-refractivity contribution in [3.8, 4) is 0 Å². The van der Waals surface area contributed by atoms with Gasteiger partial charge in [0, 0.05) is 16.6 Å². The number of nitrogens with one attached hydrogen (secondary N) is 1. The normalized spacial score (nSPS) is 20.3. The summed E-state index contributed by atoms with van der Waals surface area (Å²) in [6.45, 7) is 5.27. The van der Waals surface area contributed by atoms with E-state index in [0.29, 0.717) is 5.92 Å². The zero-order valence-corrected chi connectivity index (χ0v) is 9.79. The molecule has 2 aromatic rings. The monoisotopic (exact) mass is 215 g/mol. The first-order chi connectivity index (χ1) is 7.77. The second-order valence-electron chi connectivity index (χ2n) is 4.85. The average Bonchev–Trinajstić information content (AvgIpc) is 2.67. The molecule has 1 unspecified atom stereocenters. The van der Waals surface area contributed by atoms with Gasteiger partial charge in [-0.05, 0) is 24.0 Å². The van der Waals surface area contributed by atoms with Gasteiger partial charge in [0.15, 0.2) is 0 Å². The lowest BCUT2D eigenvalue weighted by Crippen LogP contribution is -2.19. The lowest BCUT2D eigenvalue weighted by atomic mass is 9.96. The molecule has 0 fully saturated rings. The van der Waals surface area contributed by atoms with E-state index >= 15 is 0 Å². The van der Waals surface area contributed by atoms with E-state index in [1.54, 1.807) is 0 Å². The van der Waals surface area contributed by atoms with Gasteiger partial charge in [-0.1, -0.05) is 32.0 Å². The van der Waals surface area contributed by atoms with Crippen molar-refractivity contribution in [3.05, 3.63) is 35.5 Å². The first-order valence-corrected chi connectivity index (χ1v) is 5.98. The fraction of sp³-hybridized carbons (Fsp3) is 0.429. The van der Waals surface area contributed by atoms with Crippen molar-refractivity contribution in [1.82, 2.24) is 4.98 Å². The van der Waals surface area contributed by atoms with Crippen LogP contribution in [0, 0.1) is 5.92 Å². The predicted octanol–water partition coefficient (Wildman–Crippen LogP) is 3.44. The van der Waals surface area contributed by atoms with Crippen LogP contribution in [0.2, 0.25) is 0 Å². The van der Waals surface area contributed by atoms with Crippen LogP contribution in [-0.4, -0.2) is 11.6 Å². The maximum absolute atomic E-state index is 5.86. The Morgan fingerprint density at radius 3 is 2.94 bits per heavy atom. The molecule has 0 saturated heterocycles. The molecule has 1 aromatic heterocycles. The van der Waals surface area contributed by atoms with Gasteiger partial charge in [0.05, 0.1) is 12.7 Å². The highest BCUT2D eigenvalue weighted by atomic mass is 16.5. The second-order valence-corrected chi connectivity index (χ2v) is 4.85. The molecule has 16 heavy (non-hydrogen) atoms. The third-order valence-electron chi connectivity index (χ3n) is 3.39. The summed E-state index contributed by atoms with van der Waals surface area (Å²) in [4.78, 5) is 3.52. The Labute approximate surface area is 95.6 Å². The molecule has 2 heteroatoms. The van der Waals surface area contributed by atoms with Gasteiger partial charge in [-0.15, -0.1) is 0 Å². The molecular formula is C14H17NO. The Bertz CT molecular complexity index is 512. The summed E-state index contributed by atoms with van der Waals surface area (Å²) in [6, 6.07) is 8.53. The summed E-state index contributed by atoms with van der Waals surface area (Å²) in [6.07, 6.45) is 1.26. The molecule has 1 aliphatic heterocycles. The van der Waals surface area contributed by atoms with E-state index in [1.165, 1.54) is 22.2 Å². The van der Waals surface area contributed by atoms with E-state index < -0.39 is 0 Å². The molecule has 2 nitrogen and oxygen atoms in total. The number of para-hydroxylation sites is 1. The van der Waals surface area contributed by atoms with Crippen LogP contribution in [0.4, 0.5) is 0 Å². The van der Waals surface area contributed by atoms with Crippen LogP contribution in [0.3, 0.4) is 0 Å². The van der Waals surface area contributed by atoms with Gasteiger partial charge < -0.3 is 9.72 Å². The minimum atomic E-state index is 0.233. The van der Waals surface area contributed by atoms with Crippen molar-refractivity contribution in [2.45, 2.75) is 26.4 Å². The van der Waals surface area contributed by atoms with E-state index in [0.717, 1.165) is 13.0 Å². The number of fused-ring (bicyclic) bond motifs is 3. The maximum Gasteiger partial charge on any atom is 0.0998 e. The van der Waals surface area contributed by atoms with Crippen molar-refractivity contribution in [3.63, 3.8) is 0 Å². The molecule has 2 heterocycles. The summed E-state index contributed by atoms with van der Waals surface area (Å²) in [5.74, 6) is 0.520. The van der Waals surface area contributed by atoms with Crippen molar-refractivity contribution in [2.24, 2.45) is 5.92 Å². The fourth-order valence-electron chi connectivity index (χ4n) is 2.63. The van der Waals surface area contributed by atoms with Crippen LogP contribution in [0.25, 0.3) is 10.9 Å². The van der Waals surface area contributed by atoms with E-state index in [9.17, 15) is 0 Å². The standard InChI is InChI=1S/C14H17NO/c1-9(2)14-13-11(7-8-16-14)10-5-3-4-6-12(10)15-13/h3-6,9,14-15H,7-8H2,1-2H3. The molecule has 1 N–H and O–H groups in total. The molecule has 0 aliphatic carbocycles. The third kappa shape index (κ3) is 1.37. The van der Waals surface area contributed by atoms with Gasteiger partial charge in [0.25, 0.3) is 0 Å². The molecule has 0 saturated carbocycles. The predicted molar refractivity (Wildman–Crippen MR) is 65.5 cm³/mol. The second kappa shape index (κ2) is 3.63. The van der Waals surface area contributed by atoms with Gasteiger partial charge in [0.2, 0.25) is 0 Å². The van der Waals surface area contributed by atoms with Crippen LogP contribution in [0.5, 0.6) is 0 Å². The summed E-state index contributed by atoms with van der Waals surface area (Å²) in [5.41, 5.74) is 3.99. The lowest BCUT2D eigenvalue weighted by molar-refractivity contribution is 0.00917. The molecule has 84 valence electrons. The Morgan fingerprint density at radius 2 is 2.12 bits per heavy atom. The number of aromatic amines is 1. The maximum atomic E-state index is 5.86. The molecule has 0 radical (unpaired) electrons. The summed E-state index contributed by atoms with van der Waals surface area (Å²) < 4.78 is 5.86. The van der Waals surface area contributed by atoms with E-state index in [4.69, 9.17) is 4.74 Å². The van der Waals surface area contributed by atoms with Gasteiger partial charge in [0.1, 0.15) is 0 Å². The molecule has 3 rings (SSSR count). The Morgan fingerprint density at radius 1 is 1.31 bits per heavy atom. The number of aromatic nitrogens is 1. The zero-order chi connectivity index (χ0) is 11.1. The Hall–Kier alpha value is -1.28. The smallest absolute Gasteiger partial charge is 0.0998 e.